The van der Waals surface area contributed by atoms with Gasteiger partial charge in [-0.1, -0.05) is 29.8 Å². The van der Waals surface area contributed by atoms with Gasteiger partial charge >= 0.3 is 0 Å². The predicted molar refractivity (Wildman–Crippen MR) is 94.1 cm³/mol. The van der Waals surface area contributed by atoms with Crippen LogP contribution < -0.4 is 15.4 Å². The lowest BCUT2D eigenvalue weighted by molar-refractivity contribution is -0.124. The normalized spacial score (nSPS) is 11.6. The van der Waals surface area contributed by atoms with Gasteiger partial charge in [0, 0.05) is 23.7 Å². The molecule has 6 heteroatoms. The summed E-state index contributed by atoms with van der Waals surface area (Å²) in [5, 5.41) is 0.591. The number of para-hydroxylation sites is 1. The second kappa shape index (κ2) is 8.36. The largest absolute Gasteiger partial charge is 0.481 e. The third-order valence-corrected chi connectivity index (χ3v) is 3.64. The molecule has 0 aliphatic rings. The van der Waals surface area contributed by atoms with E-state index < -0.39 is 12.0 Å². The maximum absolute atomic E-state index is 12.8. The number of hydrogen-bond donors (Lipinski definition) is 1. The molecule has 1 atom stereocenters. The average Bonchev–Trinajstić information content (AvgIpc) is 2.57. The third kappa shape index (κ3) is 4.99. The van der Waals surface area contributed by atoms with Crippen molar-refractivity contribution in [2.24, 2.45) is 5.73 Å². The molecule has 0 bridgehead atoms. The SMILES string of the molecule is CC(Oc1ccc(Cl)cc1)C(=O)N(CCC(N)=O)c1ccccc1. The maximum atomic E-state index is 12.8. The number of carbonyl (C=O) groups is 2. The van der Waals surface area contributed by atoms with E-state index in [4.69, 9.17) is 22.1 Å². The van der Waals surface area contributed by atoms with Crippen LogP contribution in [-0.4, -0.2) is 24.5 Å². The Bertz CT molecular complexity index is 689. The minimum Gasteiger partial charge on any atom is -0.481 e. The first kappa shape index (κ1) is 17.8. The first-order valence-electron chi connectivity index (χ1n) is 7.54. The summed E-state index contributed by atoms with van der Waals surface area (Å²) >= 11 is 5.84. The molecule has 0 aliphatic carbocycles. The van der Waals surface area contributed by atoms with Crippen molar-refractivity contribution in [2.45, 2.75) is 19.4 Å². The first-order chi connectivity index (χ1) is 11.5. The Morgan fingerprint density at radius 2 is 1.75 bits per heavy atom. The van der Waals surface area contributed by atoms with Crippen LogP contribution in [0.25, 0.3) is 0 Å². The molecule has 2 aromatic rings. The van der Waals surface area contributed by atoms with Crippen LogP contribution >= 0.6 is 11.6 Å². The number of nitrogens with two attached hydrogens (primary N) is 1. The topological polar surface area (TPSA) is 72.6 Å². The summed E-state index contributed by atoms with van der Waals surface area (Å²) in [6, 6.07) is 15.9. The summed E-state index contributed by atoms with van der Waals surface area (Å²) < 4.78 is 5.67. The highest BCUT2D eigenvalue weighted by Gasteiger charge is 2.23. The molecule has 0 radical (unpaired) electrons. The molecule has 0 saturated heterocycles. The van der Waals surface area contributed by atoms with E-state index >= 15 is 0 Å². The Labute approximate surface area is 146 Å². The number of anilines is 1. The summed E-state index contributed by atoms with van der Waals surface area (Å²) in [5.74, 6) is -0.171. The van der Waals surface area contributed by atoms with E-state index in [-0.39, 0.29) is 18.9 Å². The summed E-state index contributed by atoms with van der Waals surface area (Å²) in [5.41, 5.74) is 5.90. The number of benzene rings is 2. The second-order valence-corrected chi connectivity index (χ2v) is 5.69. The molecule has 0 aliphatic heterocycles. The number of nitrogens with zero attached hydrogens (tertiary/aromatic N) is 1. The number of halogens is 1. The van der Waals surface area contributed by atoms with Gasteiger partial charge in [0.05, 0.1) is 0 Å². The van der Waals surface area contributed by atoms with Gasteiger partial charge in [-0.2, -0.15) is 0 Å². The highest BCUT2D eigenvalue weighted by molar-refractivity contribution is 6.30. The molecule has 2 rings (SSSR count). The molecule has 5 nitrogen and oxygen atoms in total. The van der Waals surface area contributed by atoms with Crippen LogP contribution in [0.5, 0.6) is 5.75 Å². The summed E-state index contributed by atoms with van der Waals surface area (Å²) in [4.78, 5) is 25.3. The summed E-state index contributed by atoms with van der Waals surface area (Å²) in [6.45, 7) is 1.86. The zero-order chi connectivity index (χ0) is 17.5. The fourth-order valence-electron chi connectivity index (χ4n) is 2.18. The highest BCUT2D eigenvalue weighted by atomic mass is 35.5. The maximum Gasteiger partial charge on any atom is 0.267 e. The lowest BCUT2D eigenvalue weighted by Crippen LogP contribution is -2.42. The van der Waals surface area contributed by atoms with Crippen molar-refractivity contribution in [3.8, 4) is 5.75 Å². The van der Waals surface area contributed by atoms with Crippen LogP contribution in [0.2, 0.25) is 5.02 Å². The quantitative estimate of drug-likeness (QED) is 0.837. The van der Waals surface area contributed by atoms with E-state index in [1.807, 2.05) is 18.2 Å². The van der Waals surface area contributed by atoms with Crippen LogP contribution in [-0.2, 0) is 9.59 Å². The minimum absolute atomic E-state index is 0.0777. The number of amides is 2. The van der Waals surface area contributed by atoms with Crippen LogP contribution in [0.1, 0.15) is 13.3 Å². The molecule has 126 valence electrons. The number of primary amides is 1. The molecule has 2 N–H and O–H groups in total. The Kier molecular flexibility index (Phi) is 6.21. The molecule has 0 saturated carbocycles. The number of rotatable bonds is 7. The van der Waals surface area contributed by atoms with Crippen molar-refractivity contribution in [2.75, 3.05) is 11.4 Å². The van der Waals surface area contributed by atoms with Gasteiger partial charge in [0.25, 0.3) is 5.91 Å². The fraction of sp³-hybridized carbons (Fsp3) is 0.222. The van der Waals surface area contributed by atoms with Crippen LogP contribution in [0.15, 0.2) is 54.6 Å². The molecular weight excluding hydrogens is 328 g/mol. The lowest BCUT2D eigenvalue weighted by Gasteiger charge is -2.26. The monoisotopic (exact) mass is 346 g/mol. The molecule has 0 spiro atoms. The minimum atomic E-state index is -0.723. The molecule has 1 unspecified atom stereocenters. The lowest BCUT2D eigenvalue weighted by atomic mass is 10.2. The van der Waals surface area contributed by atoms with Gasteiger partial charge in [-0.05, 0) is 43.3 Å². The van der Waals surface area contributed by atoms with Gasteiger partial charge in [-0.15, -0.1) is 0 Å². The van der Waals surface area contributed by atoms with E-state index in [2.05, 4.69) is 0 Å². The third-order valence-electron chi connectivity index (χ3n) is 3.39. The van der Waals surface area contributed by atoms with Crippen molar-refractivity contribution in [1.29, 1.82) is 0 Å². The number of carbonyl (C=O) groups excluding carboxylic acids is 2. The fourth-order valence-corrected chi connectivity index (χ4v) is 2.31. The van der Waals surface area contributed by atoms with E-state index in [0.717, 1.165) is 0 Å². The molecular formula is C18H19ClN2O3. The van der Waals surface area contributed by atoms with E-state index in [0.29, 0.717) is 16.5 Å². The summed E-state index contributed by atoms with van der Waals surface area (Å²) in [7, 11) is 0. The van der Waals surface area contributed by atoms with Crippen molar-refractivity contribution < 1.29 is 14.3 Å². The zero-order valence-corrected chi connectivity index (χ0v) is 14.1. The number of ether oxygens (including phenoxy) is 1. The standard InChI is InChI=1S/C18H19ClN2O3/c1-13(24-16-9-7-14(19)8-10-16)18(23)21(12-11-17(20)22)15-5-3-2-4-6-15/h2-10,13H,11-12H2,1H3,(H2,20,22). The van der Waals surface area contributed by atoms with E-state index in [1.165, 1.54) is 4.90 Å². The molecule has 0 fully saturated rings. The summed E-state index contributed by atoms with van der Waals surface area (Å²) in [6.07, 6.45) is -0.645. The Hall–Kier alpha value is -2.53. The highest BCUT2D eigenvalue weighted by Crippen LogP contribution is 2.20. The Morgan fingerprint density at radius 1 is 1.12 bits per heavy atom. The van der Waals surface area contributed by atoms with Gasteiger partial charge < -0.3 is 15.4 Å². The predicted octanol–water partition coefficient (Wildman–Crippen LogP) is 3.02. The smallest absolute Gasteiger partial charge is 0.267 e. The molecule has 2 aromatic carbocycles. The van der Waals surface area contributed by atoms with Crippen molar-refractivity contribution in [1.82, 2.24) is 0 Å². The average molecular weight is 347 g/mol. The van der Waals surface area contributed by atoms with Gasteiger partial charge in [0.1, 0.15) is 5.75 Å². The van der Waals surface area contributed by atoms with Gasteiger partial charge in [-0.3, -0.25) is 9.59 Å². The Morgan fingerprint density at radius 3 is 2.33 bits per heavy atom. The number of hydrogen-bond acceptors (Lipinski definition) is 3. The first-order valence-corrected chi connectivity index (χ1v) is 7.92. The molecule has 0 aromatic heterocycles. The van der Waals surface area contributed by atoms with E-state index in [9.17, 15) is 9.59 Å². The van der Waals surface area contributed by atoms with Crippen molar-refractivity contribution in [3.63, 3.8) is 0 Å². The zero-order valence-electron chi connectivity index (χ0n) is 13.3. The van der Waals surface area contributed by atoms with Crippen LogP contribution in [0.4, 0.5) is 5.69 Å². The van der Waals surface area contributed by atoms with Gasteiger partial charge in [-0.25, -0.2) is 0 Å². The van der Waals surface area contributed by atoms with Crippen LogP contribution in [0, 0.1) is 0 Å². The van der Waals surface area contributed by atoms with Crippen molar-refractivity contribution >= 4 is 29.1 Å². The second-order valence-electron chi connectivity index (χ2n) is 5.26. The molecule has 24 heavy (non-hydrogen) atoms. The van der Waals surface area contributed by atoms with Crippen molar-refractivity contribution in [3.05, 3.63) is 59.6 Å². The molecule has 2 amide bonds. The van der Waals surface area contributed by atoms with Gasteiger partial charge in [0.2, 0.25) is 5.91 Å². The van der Waals surface area contributed by atoms with Crippen LogP contribution in [0.3, 0.4) is 0 Å². The molecule has 0 heterocycles. The van der Waals surface area contributed by atoms with E-state index in [1.54, 1.807) is 43.3 Å². The van der Waals surface area contributed by atoms with Gasteiger partial charge in [0.15, 0.2) is 6.10 Å². The Balaban J connectivity index is 2.13.